The maximum atomic E-state index is 7.63. The predicted molar refractivity (Wildman–Crippen MR) is 73.8 cm³/mol. The number of nitrogens with zero attached hydrogens (tertiary/aromatic N) is 1. The highest BCUT2D eigenvalue weighted by atomic mass is 16.5. The Morgan fingerprint density at radius 3 is 2.61 bits per heavy atom. The fourth-order valence-electron chi connectivity index (χ4n) is 1.78. The highest BCUT2D eigenvalue weighted by molar-refractivity contribution is 6.00. The number of hydrogen-bond acceptors (Lipinski definition) is 4. The van der Waals surface area contributed by atoms with Gasteiger partial charge in [0.1, 0.15) is 11.6 Å². The van der Waals surface area contributed by atoms with Crippen LogP contribution in [0.4, 0.5) is 5.69 Å². The van der Waals surface area contributed by atoms with Crippen LogP contribution in [0.3, 0.4) is 0 Å². The molecule has 1 rings (SSSR count). The Balaban J connectivity index is 3.11. The topological polar surface area (TPSA) is 71.6 Å². The Labute approximate surface area is 108 Å². The molecule has 0 saturated heterocycles. The third-order valence-corrected chi connectivity index (χ3v) is 2.78. The molecular weight excluding hydrogens is 230 g/mol. The zero-order chi connectivity index (χ0) is 13.5. The number of nitrogens with one attached hydrogen (secondary N) is 1. The van der Waals surface area contributed by atoms with Gasteiger partial charge in [-0.05, 0) is 19.1 Å². The lowest BCUT2D eigenvalue weighted by Crippen LogP contribution is -2.29. The van der Waals surface area contributed by atoms with Gasteiger partial charge in [-0.2, -0.15) is 0 Å². The number of ether oxygens (including phenoxy) is 2. The molecule has 100 valence electrons. The van der Waals surface area contributed by atoms with Crippen molar-refractivity contribution in [2.75, 3.05) is 38.8 Å². The van der Waals surface area contributed by atoms with Crippen molar-refractivity contribution in [3.8, 4) is 5.75 Å². The molecule has 0 radical (unpaired) electrons. The standard InChI is InChI=1S/C13H21N3O2/c1-4-16(7-8-17-2)12-9-10(18-3)5-6-11(12)13(14)15/h5-6,9H,4,7-8H2,1-3H3,(H3,14,15). The third kappa shape index (κ3) is 3.37. The Kier molecular flexibility index (Phi) is 5.45. The van der Waals surface area contributed by atoms with Gasteiger partial charge in [0, 0.05) is 31.8 Å². The first-order chi connectivity index (χ1) is 8.63. The van der Waals surface area contributed by atoms with Crippen molar-refractivity contribution in [3.63, 3.8) is 0 Å². The highest BCUT2D eigenvalue weighted by Gasteiger charge is 2.13. The molecule has 0 aromatic heterocycles. The average molecular weight is 251 g/mol. The number of nitrogens with two attached hydrogens (primary N) is 1. The molecule has 5 nitrogen and oxygen atoms in total. The Bertz CT molecular complexity index is 407. The van der Waals surface area contributed by atoms with Crippen molar-refractivity contribution in [3.05, 3.63) is 23.8 Å². The van der Waals surface area contributed by atoms with Gasteiger partial charge in [-0.1, -0.05) is 0 Å². The first-order valence-electron chi connectivity index (χ1n) is 5.90. The van der Waals surface area contributed by atoms with E-state index in [1.165, 1.54) is 0 Å². The Morgan fingerprint density at radius 2 is 2.11 bits per heavy atom. The number of likely N-dealkylation sites (N-methyl/N-ethyl adjacent to an activating group) is 1. The monoisotopic (exact) mass is 251 g/mol. The molecule has 0 unspecified atom stereocenters. The van der Waals surface area contributed by atoms with E-state index in [-0.39, 0.29) is 5.84 Å². The number of amidine groups is 1. The van der Waals surface area contributed by atoms with Crippen LogP contribution >= 0.6 is 0 Å². The summed E-state index contributed by atoms with van der Waals surface area (Å²) in [6.45, 7) is 4.25. The van der Waals surface area contributed by atoms with Crippen molar-refractivity contribution >= 4 is 11.5 Å². The quantitative estimate of drug-likeness (QED) is 0.568. The normalized spacial score (nSPS) is 10.2. The molecule has 5 heteroatoms. The number of benzene rings is 1. The molecule has 0 amide bonds. The van der Waals surface area contributed by atoms with Crippen LogP contribution in [0, 0.1) is 5.41 Å². The third-order valence-electron chi connectivity index (χ3n) is 2.78. The van der Waals surface area contributed by atoms with Crippen molar-refractivity contribution < 1.29 is 9.47 Å². The summed E-state index contributed by atoms with van der Waals surface area (Å²) in [4.78, 5) is 2.11. The molecule has 0 fully saturated rings. The van der Waals surface area contributed by atoms with Crippen molar-refractivity contribution in [2.45, 2.75) is 6.92 Å². The second kappa shape index (κ2) is 6.86. The molecule has 1 aromatic carbocycles. The average Bonchev–Trinajstić information content (AvgIpc) is 2.39. The van der Waals surface area contributed by atoms with Gasteiger partial charge in [0.15, 0.2) is 0 Å². The molecule has 3 N–H and O–H groups in total. The number of rotatable bonds is 7. The molecule has 0 bridgehead atoms. The van der Waals surface area contributed by atoms with Crippen molar-refractivity contribution in [1.29, 1.82) is 5.41 Å². The summed E-state index contributed by atoms with van der Waals surface area (Å²) in [6, 6.07) is 5.52. The van der Waals surface area contributed by atoms with E-state index >= 15 is 0 Å². The molecule has 0 atom stereocenters. The van der Waals surface area contributed by atoms with E-state index in [1.54, 1.807) is 14.2 Å². The molecule has 1 aromatic rings. The molecule has 0 aliphatic rings. The number of nitrogen functional groups attached to an aromatic ring is 1. The number of anilines is 1. The van der Waals surface area contributed by atoms with Crippen molar-refractivity contribution in [2.24, 2.45) is 5.73 Å². The largest absolute Gasteiger partial charge is 0.497 e. The first-order valence-corrected chi connectivity index (χ1v) is 5.90. The Hall–Kier alpha value is -1.75. The van der Waals surface area contributed by atoms with E-state index in [1.807, 2.05) is 18.2 Å². The fraction of sp³-hybridized carbons (Fsp3) is 0.462. The van der Waals surface area contributed by atoms with Crippen LogP contribution in [0.2, 0.25) is 0 Å². The van der Waals surface area contributed by atoms with Crippen LogP contribution < -0.4 is 15.4 Å². The summed E-state index contributed by atoms with van der Waals surface area (Å²) in [7, 11) is 3.29. The zero-order valence-corrected chi connectivity index (χ0v) is 11.2. The second-order valence-electron chi connectivity index (χ2n) is 3.87. The molecular formula is C13H21N3O2. The molecule has 18 heavy (non-hydrogen) atoms. The van der Waals surface area contributed by atoms with Gasteiger partial charge in [0.05, 0.1) is 19.4 Å². The smallest absolute Gasteiger partial charge is 0.124 e. The lowest BCUT2D eigenvalue weighted by Gasteiger charge is -2.25. The minimum absolute atomic E-state index is 0.0588. The van der Waals surface area contributed by atoms with E-state index in [2.05, 4.69) is 11.8 Å². The SMILES string of the molecule is CCN(CCOC)c1cc(OC)ccc1C(=N)N. The van der Waals surface area contributed by atoms with Crippen LogP contribution in [0.25, 0.3) is 0 Å². The van der Waals surface area contributed by atoms with E-state index in [0.717, 1.165) is 24.5 Å². The van der Waals surface area contributed by atoms with E-state index in [4.69, 9.17) is 20.6 Å². The molecule has 0 heterocycles. The molecule has 0 aliphatic heterocycles. The van der Waals surface area contributed by atoms with E-state index in [9.17, 15) is 0 Å². The lowest BCUT2D eigenvalue weighted by molar-refractivity contribution is 0.205. The summed E-state index contributed by atoms with van der Waals surface area (Å²) in [5.74, 6) is 0.814. The zero-order valence-electron chi connectivity index (χ0n) is 11.2. The van der Waals surface area contributed by atoms with Gasteiger partial charge in [-0.25, -0.2) is 0 Å². The maximum absolute atomic E-state index is 7.63. The summed E-state index contributed by atoms with van der Waals surface area (Å²) in [6.07, 6.45) is 0. The number of methoxy groups -OCH3 is 2. The summed E-state index contributed by atoms with van der Waals surface area (Å²) in [5.41, 5.74) is 7.23. The first kappa shape index (κ1) is 14.3. The van der Waals surface area contributed by atoms with Gasteiger partial charge in [-0.15, -0.1) is 0 Å². The van der Waals surface area contributed by atoms with Crippen LogP contribution in [0.15, 0.2) is 18.2 Å². The molecule has 0 spiro atoms. The van der Waals surface area contributed by atoms with E-state index in [0.29, 0.717) is 12.2 Å². The van der Waals surface area contributed by atoms with Gasteiger partial charge in [-0.3, -0.25) is 5.41 Å². The van der Waals surface area contributed by atoms with Gasteiger partial charge >= 0.3 is 0 Å². The fourth-order valence-corrected chi connectivity index (χ4v) is 1.78. The minimum atomic E-state index is 0.0588. The summed E-state index contributed by atoms with van der Waals surface area (Å²) >= 11 is 0. The van der Waals surface area contributed by atoms with Gasteiger partial charge in [0.2, 0.25) is 0 Å². The van der Waals surface area contributed by atoms with Crippen LogP contribution in [0.5, 0.6) is 5.75 Å². The van der Waals surface area contributed by atoms with Crippen LogP contribution in [-0.2, 0) is 4.74 Å². The summed E-state index contributed by atoms with van der Waals surface area (Å²) < 4.78 is 10.3. The van der Waals surface area contributed by atoms with Gasteiger partial charge < -0.3 is 20.1 Å². The minimum Gasteiger partial charge on any atom is -0.497 e. The van der Waals surface area contributed by atoms with E-state index < -0.39 is 0 Å². The Morgan fingerprint density at radius 1 is 1.39 bits per heavy atom. The lowest BCUT2D eigenvalue weighted by atomic mass is 10.1. The predicted octanol–water partition coefficient (Wildman–Crippen LogP) is 1.45. The van der Waals surface area contributed by atoms with Crippen LogP contribution in [0.1, 0.15) is 12.5 Å². The van der Waals surface area contributed by atoms with Crippen molar-refractivity contribution in [1.82, 2.24) is 0 Å². The maximum Gasteiger partial charge on any atom is 0.124 e. The van der Waals surface area contributed by atoms with Gasteiger partial charge in [0.25, 0.3) is 0 Å². The molecule has 0 saturated carbocycles. The summed E-state index contributed by atoms with van der Waals surface area (Å²) in [5, 5.41) is 7.63. The molecule has 0 aliphatic carbocycles. The van der Waals surface area contributed by atoms with Crippen LogP contribution in [-0.4, -0.2) is 39.8 Å². The number of hydrogen-bond donors (Lipinski definition) is 2. The second-order valence-corrected chi connectivity index (χ2v) is 3.87. The highest BCUT2D eigenvalue weighted by Crippen LogP contribution is 2.25.